The highest BCUT2D eigenvalue weighted by Gasteiger charge is 1.87. The maximum absolute atomic E-state index is 9.98. The smallest absolute Gasteiger partial charge is 0.348 e. The molecular weight excluding hydrogens is 194 g/mol. The van der Waals surface area contributed by atoms with Crippen molar-refractivity contribution in [2.24, 2.45) is 5.10 Å². The predicted molar refractivity (Wildman–Crippen MR) is 51.2 cm³/mol. The number of carboxylic acids is 1. The molecular formula is C7H8ClN3O2. The Morgan fingerprint density at radius 3 is 3.00 bits per heavy atom. The molecule has 0 unspecified atom stereocenters. The molecule has 0 bridgehead atoms. The number of hydrogen-bond acceptors (Lipinski definition) is 4. The molecule has 1 aromatic rings. The van der Waals surface area contributed by atoms with Crippen LogP contribution in [0.2, 0.25) is 0 Å². The van der Waals surface area contributed by atoms with Gasteiger partial charge in [0.05, 0.1) is 11.9 Å². The summed E-state index contributed by atoms with van der Waals surface area (Å²) in [4.78, 5) is 13.8. The Morgan fingerprint density at radius 2 is 2.46 bits per heavy atom. The lowest BCUT2D eigenvalue weighted by Gasteiger charge is -1.95. The van der Waals surface area contributed by atoms with Crippen molar-refractivity contribution in [2.75, 3.05) is 5.43 Å². The van der Waals surface area contributed by atoms with Gasteiger partial charge in [0.2, 0.25) is 0 Å². The second kappa shape index (κ2) is 5.96. The molecule has 1 heterocycles. The van der Waals surface area contributed by atoms with Gasteiger partial charge in [-0.05, 0) is 12.1 Å². The number of aromatic nitrogens is 1. The summed E-state index contributed by atoms with van der Waals surface area (Å²) in [6, 6.07) is 3.45. The fraction of sp³-hybridized carbons (Fsp3) is 0. The van der Waals surface area contributed by atoms with E-state index in [4.69, 9.17) is 5.11 Å². The summed E-state index contributed by atoms with van der Waals surface area (Å²) in [5.74, 6) is -1.09. The van der Waals surface area contributed by atoms with E-state index in [9.17, 15) is 4.79 Å². The third kappa shape index (κ3) is 4.76. The number of anilines is 1. The lowest BCUT2D eigenvalue weighted by molar-refractivity contribution is -0.128. The third-order valence-corrected chi connectivity index (χ3v) is 1.03. The van der Waals surface area contributed by atoms with Crippen molar-refractivity contribution in [1.82, 2.24) is 4.98 Å². The van der Waals surface area contributed by atoms with Crippen LogP contribution in [0.4, 0.5) is 5.69 Å². The van der Waals surface area contributed by atoms with Crippen LogP contribution < -0.4 is 5.43 Å². The highest BCUT2D eigenvalue weighted by molar-refractivity contribution is 6.22. The Bertz CT molecular complexity index is 289. The molecule has 0 amide bonds. The Hall–Kier alpha value is -1.62. The van der Waals surface area contributed by atoms with E-state index >= 15 is 0 Å². The van der Waals surface area contributed by atoms with Crippen molar-refractivity contribution in [1.29, 1.82) is 0 Å². The molecule has 13 heavy (non-hydrogen) atoms. The summed E-state index contributed by atoms with van der Waals surface area (Å²) >= 11 is 0. The second-order valence-corrected chi connectivity index (χ2v) is 1.95. The van der Waals surface area contributed by atoms with Gasteiger partial charge in [-0.2, -0.15) is 5.10 Å². The third-order valence-electron chi connectivity index (χ3n) is 1.03. The van der Waals surface area contributed by atoms with Gasteiger partial charge < -0.3 is 5.11 Å². The van der Waals surface area contributed by atoms with Gasteiger partial charge in [0.1, 0.15) is 6.21 Å². The Morgan fingerprint density at radius 1 is 1.69 bits per heavy atom. The van der Waals surface area contributed by atoms with E-state index in [0.29, 0.717) is 5.69 Å². The Balaban J connectivity index is 0.00000144. The number of aliphatic carboxylic acids is 1. The summed E-state index contributed by atoms with van der Waals surface area (Å²) in [6.07, 6.45) is 3.93. The van der Waals surface area contributed by atoms with E-state index < -0.39 is 5.97 Å². The molecule has 0 saturated carbocycles. The van der Waals surface area contributed by atoms with Gasteiger partial charge >= 0.3 is 5.97 Å². The lowest BCUT2D eigenvalue weighted by Crippen LogP contribution is -1.98. The van der Waals surface area contributed by atoms with Crippen molar-refractivity contribution < 1.29 is 9.90 Å². The number of hydrazone groups is 1. The average molecular weight is 202 g/mol. The second-order valence-electron chi connectivity index (χ2n) is 1.95. The molecule has 0 spiro atoms. The van der Waals surface area contributed by atoms with E-state index in [1.807, 2.05) is 0 Å². The number of nitrogens with one attached hydrogen (secondary N) is 1. The maximum Gasteiger partial charge on any atom is 0.348 e. The summed E-state index contributed by atoms with van der Waals surface area (Å²) in [5, 5.41) is 11.6. The topological polar surface area (TPSA) is 74.6 Å². The van der Waals surface area contributed by atoms with Gasteiger partial charge in [-0.15, -0.1) is 12.4 Å². The fourth-order valence-corrected chi connectivity index (χ4v) is 0.591. The molecule has 0 aliphatic heterocycles. The van der Waals surface area contributed by atoms with E-state index in [2.05, 4.69) is 15.5 Å². The first-order valence-corrected chi connectivity index (χ1v) is 3.21. The van der Waals surface area contributed by atoms with Gasteiger partial charge in [-0.25, -0.2) is 4.79 Å². The summed E-state index contributed by atoms with van der Waals surface area (Å²) in [5.41, 5.74) is 3.15. The number of carbonyl (C=O) groups is 1. The zero-order chi connectivity index (χ0) is 8.81. The first-order valence-electron chi connectivity index (χ1n) is 3.21. The van der Waals surface area contributed by atoms with Crippen molar-refractivity contribution in [3.05, 3.63) is 24.5 Å². The molecule has 0 atom stereocenters. The number of nitrogens with zero attached hydrogens (tertiary/aromatic N) is 2. The minimum Gasteiger partial charge on any atom is -0.477 e. The molecule has 0 aromatic carbocycles. The summed E-state index contributed by atoms with van der Waals surface area (Å²) in [7, 11) is 0. The maximum atomic E-state index is 9.98. The number of hydrogen-bond donors (Lipinski definition) is 2. The van der Waals surface area contributed by atoms with Crippen LogP contribution in [0.3, 0.4) is 0 Å². The van der Waals surface area contributed by atoms with Crippen molar-refractivity contribution in [3.63, 3.8) is 0 Å². The molecule has 0 saturated heterocycles. The number of halogens is 1. The zero-order valence-corrected chi connectivity index (χ0v) is 7.36. The monoisotopic (exact) mass is 201 g/mol. The van der Waals surface area contributed by atoms with Crippen molar-refractivity contribution in [2.45, 2.75) is 0 Å². The van der Waals surface area contributed by atoms with Crippen LogP contribution in [-0.2, 0) is 4.79 Å². The van der Waals surface area contributed by atoms with Gasteiger partial charge in [0.25, 0.3) is 0 Å². The molecule has 1 rings (SSSR count). The number of carboxylic acid groups (broad SMARTS) is 1. The lowest BCUT2D eigenvalue weighted by atomic mass is 10.4. The predicted octanol–water partition coefficient (Wildman–Crippen LogP) is 0.986. The van der Waals surface area contributed by atoms with E-state index in [0.717, 1.165) is 6.21 Å². The average Bonchev–Trinajstić information content (AvgIpc) is 2.05. The fourth-order valence-electron chi connectivity index (χ4n) is 0.591. The van der Waals surface area contributed by atoms with E-state index in [-0.39, 0.29) is 12.4 Å². The highest BCUT2D eigenvalue weighted by Crippen LogP contribution is 2.00. The summed E-state index contributed by atoms with van der Waals surface area (Å²) < 4.78 is 0. The van der Waals surface area contributed by atoms with Crippen LogP contribution in [-0.4, -0.2) is 22.3 Å². The molecule has 0 radical (unpaired) electrons. The normalized spacial score (nSPS) is 9.23. The largest absolute Gasteiger partial charge is 0.477 e. The van der Waals surface area contributed by atoms with Crippen LogP contribution >= 0.6 is 12.4 Å². The van der Waals surface area contributed by atoms with Crippen LogP contribution in [0, 0.1) is 0 Å². The molecule has 5 nitrogen and oxygen atoms in total. The molecule has 2 N–H and O–H groups in total. The molecule has 6 heteroatoms. The Labute approximate surface area is 80.9 Å². The number of rotatable bonds is 3. The number of pyridine rings is 1. The van der Waals surface area contributed by atoms with Gasteiger partial charge in [-0.1, -0.05) is 0 Å². The van der Waals surface area contributed by atoms with Gasteiger partial charge in [0, 0.05) is 6.20 Å². The van der Waals surface area contributed by atoms with Crippen molar-refractivity contribution >= 4 is 30.3 Å². The van der Waals surface area contributed by atoms with Crippen LogP contribution in [0.15, 0.2) is 29.6 Å². The minimum atomic E-state index is -1.09. The van der Waals surface area contributed by atoms with Crippen LogP contribution in [0.1, 0.15) is 0 Å². The van der Waals surface area contributed by atoms with E-state index in [1.165, 1.54) is 0 Å². The SMILES string of the molecule is Cl.O=C(O)/C=N/Nc1cccnc1. The van der Waals surface area contributed by atoms with E-state index in [1.54, 1.807) is 24.5 Å². The quantitative estimate of drug-likeness (QED) is 0.565. The zero-order valence-electron chi connectivity index (χ0n) is 6.54. The Kier molecular flexibility index (Phi) is 5.22. The van der Waals surface area contributed by atoms with Crippen LogP contribution in [0.25, 0.3) is 0 Å². The summed E-state index contributed by atoms with van der Waals surface area (Å²) in [6.45, 7) is 0. The first-order chi connectivity index (χ1) is 5.79. The first kappa shape index (κ1) is 11.4. The molecule has 0 aliphatic carbocycles. The molecule has 70 valence electrons. The van der Waals surface area contributed by atoms with Gasteiger partial charge in [-0.3, -0.25) is 10.4 Å². The highest BCUT2D eigenvalue weighted by atomic mass is 35.5. The van der Waals surface area contributed by atoms with Gasteiger partial charge in [0.15, 0.2) is 0 Å². The molecule has 1 aromatic heterocycles. The standard InChI is InChI=1S/C7H7N3O2.ClH/c11-7(12)5-9-10-6-2-1-3-8-4-6;/h1-5,10H,(H,11,12);1H/b9-5+;. The van der Waals surface area contributed by atoms with Crippen molar-refractivity contribution in [3.8, 4) is 0 Å². The molecule has 0 aliphatic rings. The minimum absolute atomic E-state index is 0. The van der Waals surface area contributed by atoms with Crippen LogP contribution in [0.5, 0.6) is 0 Å². The molecule has 0 fully saturated rings.